The molecule has 0 spiro atoms. The highest BCUT2D eigenvalue weighted by Gasteiger charge is 2.18. The zero-order valence-corrected chi connectivity index (χ0v) is 28.5. The molecule has 2 heterocycles. The molecule has 2 N–H and O–H groups in total. The number of aliphatic imine (C=N–C) groups is 2. The molecule has 2 aromatic heterocycles. The maximum Gasteiger partial charge on any atom is 0.157 e. The Morgan fingerprint density at radius 3 is 1.90 bits per heavy atom. The fraction of sp³-hybridized carbons (Fsp3) is 0.0217. The standard InChI is InChI=1S/C46H32N4S/c47-45(35-12-3-1-4-13-35)50-46(36-14-5-2-6-15-36)48-29-30-19-21-31(22-20-30)32-23-25-34(26-24-32)43-42-38-17-9-10-18-40(38)51-44(42)41-37-16-8-7-11-33(37)27-28-39(41)49-43/h1-28H,29H2,(H2,47,48,50). The smallest absolute Gasteiger partial charge is 0.157 e. The van der Waals surface area contributed by atoms with Crippen LogP contribution in [0.25, 0.3) is 64.2 Å². The predicted molar refractivity (Wildman–Crippen MR) is 217 cm³/mol. The Morgan fingerprint density at radius 2 is 1.16 bits per heavy atom. The molecule has 0 aliphatic heterocycles. The molecule has 0 radical (unpaired) electrons. The van der Waals surface area contributed by atoms with Crippen molar-refractivity contribution in [2.45, 2.75) is 6.54 Å². The van der Waals surface area contributed by atoms with Crippen molar-refractivity contribution in [2.24, 2.45) is 15.7 Å². The molecule has 0 aliphatic rings. The molecule has 9 rings (SSSR count). The molecule has 0 amide bonds. The Hall–Kier alpha value is -6.43. The molecule has 0 fully saturated rings. The highest BCUT2D eigenvalue weighted by molar-refractivity contribution is 7.27. The number of amidine groups is 2. The van der Waals surface area contributed by atoms with E-state index in [2.05, 4.69) is 109 Å². The van der Waals surface area contributed by atoms with E-state index in [0.29, 0.717) is 18.2 Å². The van der Waals surface area contributed by atoms with Crippen molar-refractivity contribution < 1.29 is 0 Å². The SMILES string of the molecule is NC(=NC(=NCc1ccc(-c2ccc(-c3nc4ccc5ccccc5c4c4sc5ccccc5c34)cc2)cc1)c1ccccc1)c1ccccc1. The van der Waals surface area contributed by atoms with Gasteiger partial charge in [-0.3, -0.25) is 4.99 Å². The summed E-state index contributed by atoms with van der Waals surface area (Å²) in [7, 11) is 0. The summed E-state index contributed by atoms with van der Waals surface area (Å²) < 4.78 is 2.57. The largest absolute Gasteiger partial charge is 0.383 e. The van der Waals surface area contributed by atoms with Crippen LogP contribution in [0, 0.1) is 0 Å². The molecule has 5 heteroatoms. The lowest BCUT2D eigenvalue weighted by atomic mass is 9.97. The van der Waals surface area contributed by atoms with Crippen LogP contribution in [0.3, 0.4) is 0 Å². The van der Waals surface area contributed by atoms with Gasteiger partial charge in [-0.25, -0.2) is 9.98 Å². The van der Waals surface area contributed by atoms with E-state index >= 15 is 0 Å². The van der Waals surface area contributed by atoms with Gasteiger partial charge >= 0.3 is 0 Å². The Bertz CT molecular complexity index is 2750. The fourth-order valence-electron chi connectivity index (χ4n) is 6.79. The summed E-state index contributed by atoms with van der Waals surface area (Å²) in [5.74, 6) is 1.05. The fourth-order valence-corrected chi connectivity index (χ4v) is 8.06. The number of thiophene rings is 1. The molecule has 242 valence electrons. The summed E-state index contributed by atoms with van der Waals surface area (Å²) in [6.07, 6.45) is 0. The van der Waals surface area contributed by atoms with Crippen LogP contribution in [0.15, 0.2) is 180 Å². The van der Waals surface area contributed by atoms with E-state index in [9.17, 15) is 0 Å². The normalized spacial score (nSPS) is 12.3. The van der Waals surface area contributed by atoms with Gasteiger partial charge in [-0.2, -0.15) is 0 Å². The lowest BCUT2D eigenvalue weighted by Crippen LogP contribution is -2.16. The third kappa shape index (κ3) is 5.84. The van der Waals surface area contributed by atoms with Crippen molar-refractivity contribution in [3.05, 3.63) is 187 Å². The lowest BCUT2D eigenvalue weighted by molar-refractivity contribution is 1.06. The zero-order valence-electron chi connectivity index (χ0n) is 27.7. The van der Waals surface area contributed by atoms with Crippen molar-refractivity contribution in [3.8, 4) is 22.4 Å². The summed E-state index contributed by atoms with van der Waals surface area (Å²) in [5.41, 5.74) is 14.7. The van der Waals surface area contributed by atoms with Crippen LogP contribution in [0.1, 0.15) is 16.7 Å². The minimum atomic E-state index is 0.442. The maximum atomic E-state index is 6.39. The molecule has 9 aromatic rings. The second-order valence-corrected chi connectivity index (χ2v) is 13.6. The summed E-state index contributed by atoms with van der Waals surface area (Å²) in [5, 5.41) is 6.19. The van der Waals surface area contributed by atoms with Crippen LogP contribution in [0.4, 0.5) is 0 Å². The average Bonchev–Trinajstić information content (AvgIpc) is 3.60. The first-order chi connectivity index (χ1) is 25.2. The van der Waals surface area contributed by atoms with E-state index < -0.39 is 0 Å². The van der Waals surface area contributed by atoms with Crippen molar-refractivity contribution in [1.82, 2.24) is 4.98 Å². The third-order valence-electron chi connectivity index (χ3n) is 9.38. The van der Waals surface area contributed by atoms with Gasteiger partial charge in [0.05, 0.1) is 17.8 Å². The number of nitrogens with two attached hydrogens (primary N) is 1. The average molecular weight is 673 g/mol. The van der Waals surface area contributed by atoms with Crippen LogP contribution in [-0.2, 0) is 6.54 Å². The van der Waals surface area contributed by atoms with Crippen LogP contribution in [0.2, 0.25) is 0 Å². The van der Waals surface area contributed by atoms with Gasteiger partial charge in [0.25, 0.3) is 0 Å². The number of rotatable bonds is 6. The van der Waals surface area contributed by atoms with E-state index in [1.54, 1.807) is 0 Å². The lowest BCUT2D eigenvalue weighted by Gasteiger charge is -2.11. The predicted octanol–water partition coefficient (Wildman–Crippen LogP) is 11.4. The topological polar surface area (TPSA) is 63.6 Å². The molecule has 0 unspecified atom stereocenters. The molecule has 0 saturated carbocycles. The molecule has 7 aromatic carbocycles. The highest BCUT2D eigenvalue weighted by Crippen LogP contribution is 2.44. The van der Waals surface area contributed by atoms with Gasteiger partial charge in [0.2, 0.25) is 0 Å². The first kappa shape index (κ1) is 30.6. The number of hydrogen-bond donors (Lipinski definition) is 1. The van der Waals surface area contributed by atoms with Crippen molar-refractivity contribution in [1.29, 1.82) is 0 Å². The number of aromatic nitrogens is 1. The molecule has 4 nitrogen and oxygen atoms in total. The monoisotopic (exact) mass is 672 g/mol. The minimum Gasteiger partial charge on any atom is -0.383 e. The Labute approximate surface area is 299 Å². The maximum absolute atomic E-state index is 6.39. The molecule has 0 atom stereocenters. The summed E-state index contributed by atoms with van der Waals surface area (Å²) in [6, 6.07) is 58.8. The van der Waals surface area contributed by atoms with E-state index in [1.165, 1.54) is 36.3 Å². The molecule has 0 bridgehead atoms. The van der Waals surface area contributed by atoms with E-state index in [4.69, 9.17) is 20.7 Å². The second-order valence-electron chi connectivity index (χ2n) is 12.6. The first-order valence-corrected chi connectivity index (χ1v) is 17.8. The Balaban J connectivity index is 1.03. The third-order valence-corrected chi connectivity index (χ3v) is 10.6. The van der Waals surface area contributed by atoms with Crippen LogP contribution >= 0.6 is 11.3 Å². The molecular formula is C46H32N4S. The van der Waals surface area contributed by atoms with E-state index in [0.717, 1.165) is 44.6 Å². The Kier molecular flexibility index (Phi) is 7.88. The van der Waals surface area contributed by atoms with Crippen LogP contribution in [0.5, 0.6) is 0 Å². The molecule has 0 saturated heterocycles. The zero-order chi connectivity index (χ0) is 34.1. The van der Waals surface area contributed by atoms with Gasteiger partial charge in [0.15, 0.2) is 5.84 Å². The van der Waals surface area contributed by atoms with Crippen LogP contribution in [-0.4, -0.2) is 16.7 Å². The second kappa shape index (κ2) is 13.1. The first-order valence-electron chi connectivity index (χ1n) is 17.0. The van der Waals surface area contributed by atoms with Crippen molar-refractivity contribution in [3.63, 3.8) is 0 Å². The van der Waals surface area contributed by atoms with E-state index in [1.807, 2.05) is 72.0 Å². The number of fused-ring (bicyclic) bond motifs is 7. The minimum absolute atomic E-state index is 0.442. The van der Waals surface area contributed by atoms with Crippen LogP contribution < -0.4 is 5.73 Å². The van der Waals surface area contributed by atoms with Gasteiger partial charge in [0, 0.05) is 42.2 Å². The number of nitrogens with zero attached hydrogens (tertiary/aromatic N) is 3. The summed E-state index contributed by atoms with van der Waals surface area (Å²) in [4.78, 5) is 15.0. The van der Waals surface area contributed by atoms with Crippen molar-refractivity contribution >= 4 is 64.9 Å². The van der Waals surface area contributed by atoms with Gasteiger partial charge < -0.3 is 5.73 Å². The molecular weight excluding hydrogens is 641 g/mol. The van der Waals surface area contributed by atoms with Crippen molar-refractivity contribution in [2.75, 3.05) is 0 Å². The van der Waals surface area contributed by atoms with Gasteiger partial charge in [-0.1, -0.05) is 158 Å². The van der Waals surface area contributed by atoms with Gasteiger partial charge in [0.1, 0.15) is 5.84 Å². The summed E-state index contributed by atoms with van der Waals surface area (Å²) in [6.45, 7) is 0.489. The summed E-state index contributed by atoms with van der Waals surface area (Å²) >= 11 is 1.86. The highest BCUT2D eigenvalue weighted by atomic mass is 32.1. The number of pyridine rings is 1. The number of benzene rings is 7. The van der Waals surface area contributed by atoms with E-state index in [-0.39, 0.29) is 0 Å². The van der Waals surface area contributed by atoms with Gasteiger partial charge in [-0.05, 0) is 39.6 Å². The number of hydrogen-bond acceptors (Lipinski definition) is 3. The quantitative estimate of drug-likeness (QED) is 0.109. The van der Waals surface area contributed by atoms with Gasteiger partial charge in [-0.15, -0.1) is 11.3 Å². The molecule has 0 aliphatic carbocycles. The molecule has 51 heavy (non-hydrogen) atoms. The Morgan fingerprint density at radius 1 is 0.549 bits per heavy atom.